The van der Waals surface area contributed by atoms with Gasteiger partial charge in [-0.2, -0.15) is 0 Å². The van der Waals surface area contributed by atoms with Gasteiger partial charge in [0.1, 0.15) is 0 Å². The van der Waals surface area contributed by atoms with Crippen LogP contribution in [0, 0.1) is 0 Å². The highest BCUT2D eigenvalue weighted by Crippen LogP contribution is 2.12. The molecule has 0 aromatic heterocycles. The van der Waals surface area contributed by atoms with Crippen molar-refractivity contribution in [2.45, 2.75) is 149 Å². The van der Waals surface area contributed by atoms with Crippen LogP contribution in [0.5, 0.6) is 0 Å². The molecule has 0 fully saturated rings. The fourth-order valence-electron chi connectivity index (χ4n) is 3.82. The molecular formula is C31H58O4. The zero-order valence-electron chi connectivity index (χ0n) is 23.5. The van der Waals surface area contributed by atoms with E-state index in [9.17, 15) is 9.59 Å². The second kappa shape index (κ2) is 32.4. The Morgan fingerprint density at radius 2 is 0.686 bits per heavy atom. The first kappa shape index (κ1) is 35.6. The number of rotatable bonds is 25. The Balaban J connectivity index is 0. The lowest BCUT2D eigenvalue weighted by atomic mass is 10.1. The fourth-order valence-corrected chi connectivity index (χ4v) is 3.82. The second-order valence-corrected chi connectivity index (χ2v) is 9.46. The molecule has 0 bridgehead atoms. The lowest BCUT2D eigenvalue weighted by Gasteiger charge is -2.03. The lowest BCUT2D eigenvalue weighted by Crippen LogP contribution is -2.01. The third-order valence-electron chi connectivity index (χ3n) is 6.07. The van der Waals surface area contributed by atoms with Gasteiger partial charge in [-0.1, -0.05) is 149 Å². The zero-order chi connectivity index (χ0) is 26.2. The molecule has 0 saturated carbocycles. The zero-order valence-corrected chi connectivity index (χ0v) is 23.5. The molecule has 0 aliphatic rings. The van der Waals surface area contributed by atoms with Crippen LogP contribution in [0.3, 0.4) is 0 Å². The average molecular weight is 495 g/mol. The van der Waals surface area contributed by atoms with Crippen molar-refractivity contribution in [3.05, 3.63) is 25.3 Å². The molecule has 0 saturated heterocycles. The van der Waals surface area contributed by atoms with Crippen LogP contribution in [-0.2, 0) is 19.1 Å². The van der Waals surface area contributed by atoms with Crippen molar-refractivity contribution in [1.82, 2.24) is 0 Å². The Hall–Kier alpha value is -1.58. The minimum absolute atomic E-state index is 0.304. The van der Waals surface area contributed by atoms with E-state index in [1.165, 1.54) is 134 Å². The molecule has 0 heterocycles. The normalized spacial score (nSPS) is 10.2. The van der Waals surface area contributed by atoms with Crippen molar-refractivity contribution >= 4 is 11.9 Å². The largest absolute Gasteiger partial charge is 0.463 e. The minimum atomic E-state index is -0.305. The summed E-state index contributed by atoms with van der Waals surface area (Å²) in [5.74, 6) is -0.608. The van der Waals surface area contributed by atoms with E-state index >= 15 is 0 Å². The predicted octanol–water partition coefficient (Wildman–Crippen LogP) is 9.66. The van der Waals surface area contributed by atoms with Gasteiger partial charge in [0, 0.05) is 12.2 Å². The summed E-state index contributed by atoms with van der Waals surface area (Å²) in [6.07, 6.45) is 29.8. The van der Waals surface area contributed by atoms with E-state index in [1.54, 1.807) is 0 Å². The molecule has 0 rings (SSSR count). The SMILES string of the molecule is C=CC(=O)OCCCCCCCCCCCC.C=CC(=O)OCCCCCCCCCCCCC. The highest BCUT2D eigenvalue weighted by atomic mass is 16.5. The summed E-state index contributed by atoms with van der Waals surface area (Å²) < 4.78 is 9.82. The monoisotopic (exact) mass is 494 g/mol. The van der Waals surface area contributed by atoms with E-state index in [1.807, 2.05) is 0 Å². The number of ether oxygens (including phenoxy) is 2. The van der Waals surface area contributed by atoms with E-state index in [-0.39, 0.29) is 11.9 Å². The molecule has 0 spiro atoms. The topological polar surface area (TPSA) is 52.6 Å². The van der Waals surface area contributed by atoms with E-state index in [0.717, 1.165) is 12.8 Å². The van der Waals surface area contributed by atoms with Gasteiger partial charge >= 0.3 is 11.9 Å². The van der Waals surface area contributed by atoms with Crippen molar-refractivity contribution in [2.24, 2.45) is 0 Å². The number of unbranched alkanes of at least 4 members (excludes halogenated alkanes) is 19. The van der Waals surface area contributed by atoms with Gasteiger partial charge in [0.15, 0.2) is 0 Å². The van der Waals surface area contributed by atoms with Crippen LogP contribution in [0.4, 0.5) is 0 Å². The highest BCUT2D eigenvalue weighted by Gasteiger charge is 1.97. The molecule has 0 amide bonds. The first-order valence-corrected chi connectivity index (χ1v) is 14.7. The molecule has 4 heteroatoms. The molecule has 206 valence electrons. The quantitative estimate of drug-likeness (QED) is 0.0720. The summed E-state index contributed by atoms with van der Waals surface area (Å²) in [5, 5.41) is 0. The number of hydrogen-bond acceptors (Lipinski definition) is 4. The Labute approximate surface area is 218 Å². The maximum atomic E-state index is 10.8. The summed E-state index contributed by atoms with van der Waals surface area (Å²) in [4.78, 5) is 21.5. The Bertz CT molecular complexity index is 473. The standard InChI is InChI=1S/C16H30O2.C15H28O2/c1-3-5-6-7-8-9-10-11-12-13-14-15-18-16(17)4-2;1-3-5-6-7-8-9-10-11-12-13-14-17-15(16)4-2/h4H,2-3,5-15H2,1H3;4H,2-3,5-14H2,1H3. The Morgan fingerprint density at radius 1 is 0.457 bits per heavy atom. The van der Waals surface area contributed by atoms with Crippen LogP contribution in [0.25, 0.3) is 0 Å². The van der Waals surface area contributed by atoms with Crippen molar-refractivity contribution in [1.29, 1.82) is 0 Å². The summed E-state index contributed by atoms with van der Waals surface area (Å²) in [5.41, 5.74) is 0. The van der Waals surface area contributed by atoms with Crippen molar-refractivity contribution < 1.29 is 19.1 Å². The van der Waals surface area contributed by atoms with Gasteiger partial charge < -0.3 is 9.47 Å². The number of carbonyl (C=O) groups excluding carboxylic acids is 2. The number of hydrogen-bond donors (Lipinski definition) is 0. The van der Waals surface area contributed by atoms with Gasteiger partial charge in [-0.25, -0.2) is 9.59 Å². The molecule has 0 aliphatic carbocycles. The van der Waals surface area contributed by atoms with E-state index < -0.39 is 0 Å². The Kier molecular flexibility index (Phi) is 33.0. The molecule has 0 aromatic rings. The van der Waals surface area contributed by atoms with Gasteiger partial charge in [0.05, 0.1) is 13.2 Å². The molecular weight excluding hydrogens is 436 g/mol. The van der Waals surface area contributed by atoms with Crippen LogP contribution < -0.4 is 0 Å². The van der Waals surface area contributed by atoms with Gasteiger partial charge in [-0.3, -0.25) is 0 Å². The smallest absolute Gasteiger partial charge is 0.330 e. The van der Waals surface area contributed by atoms with Crippen molar-refractivity contribution in [3.8, 4) is 0 Å². The second-order valence-electron chi connectivity index (χ2n) is 9.46. The minimum Gasteiger partial charge on any atom is -0.463 e. The molecule has 0 radical (unpaired) electrons. The predicted molar refractivity (Wildman–Crippen MR) is 151 cm³/mol. The maximum Gasteiger partial charge on any atom is 0.330 e. The molecule has 35 heavy (non-hydrogen) atoms. The van der Waals surface area contributed by atoms with Crippen molar-refractivity contribution in [3.63, 3.8) is 0 Å². The summed E-state index contributed by atoms with van der Waals surface area (Å²) >= 11 is 0. The molecule has 0 aliphatic heterocycles. The maximum absolute atomic E-state index is 10.8. The van der Waals surface area contributed by atoms with Crippen LogP contribution in [-0.4, -0.2) is 25.2 Å². The van der Waals surface area contributed by atoms with Crippen LogP contribution in [0.2, 0.25) is 0 Å². The third-order valence-corrected chi connectivity index (χ3v) is 6.07. The van der Waals surface area contributed by atoms with Crippen molar-refractivity contribution in [2.75, 3.05) is 13.2 Å². The number of carbonyl (C=O) groups is 2. The molecule has 0 aromatic carbocycles. The van der Waals surface area contributed by atoms with Gasteiger partial charge in [-0.15, -0.1) is 0 Å². The van der Waals surface area contributed by atoms with E-state index in [4.69, 9.17) is 9.47 Å². The van der Waals surface area contributed by atoms with Gasteiger partial charge in [0.2, 0.25) is 0 Å². The highest BCUT2D eigenvalue weighted by molar-refractivity contribution is 5.81. The van der Waals surface area contributed by atoms with E-state index in [0.29, 0.717) is 13.2 Å². The molecule has 0 unspecified atom stereocenters. The van der Waals surface area contributed by atoms with E-state index in [2.05, 4.69) is 27.0 Å². The first-order valence-electron chi connectivity index (χ1n) is 14.7. The van der Waals surface area contributed by atoms with Gasteiger partial charge in [-0.05, 0) is 12.8 Å². The Morgan fingerprint density at radius 3 is 0.914 bits per heavy atom. The summed E-state index contributed by atoms with van der Waals surface area (Å²) in [6.45, 7) is 12.3. The fraction of sp³-hybridized carbons (Fsp3) is 0.806. The summed E-state index contributed by atoms with van der Waals surface area (Å²) in [6, 6.07) is 0. The molecule has 0 N–H and O–H groups in total. The number of esters is 2. The average Bonchev–Trinajstić information content (AvgIpc) is 2.87. The molecule has 0 atom stereocenters. The van der Waals surface area contributed by atoms with Crippen LogP contribution in [0.15, 0.2) is 25.3 Å². The first-order chi connectivity index (χ1) is 17.1. The summed E-state index contributed by atoms with van der Waals surface area (Å²) in [7, 11) is 0. The third kappa shape index (κ3) is 34.7. The molecule has 4 nitrogen and oxygen atoms in total. The van der Waals surface area contributed by atoms with Crippen LogP contribution in [0.1, 0.15) is 149 Å². The van der Waals surface area contributed by atoms with Crippen LogP contribution >= 0.6 is 0 Å². The lowest BCUT2D eigenvalue weighted by molar-refractivity contribution is -0.138. The van der Waals surface area contributed by atoms with Gasteiger partial charge in [0.25, 0.3) is 0 Å².